The van der Waals surface area contributed by atoms with Crippen LogP contribution in [0.1, 0.15) is 10.4 Å². The van der Waals surface area contributed by atoms with E-state index in [-0.39, 0.29) is 5.56 Å². The Morgan fingerprint density at radius 1 is 1.10 bits per heavy atom. The first kappa shape index (κ1) is 14.4. The Balaban J connectivity index is 2.65. The van der Waals surface area contributed by atoms with Gasteiger partial charge >= 0.3 is 5.97 Å². The zero-order chi connectivity index (χ0) is 14.7. The molecular formula is C15H13BrO4. The van der Waals surface area contributed by atoms with E-state index >= 15 is 0 Å². The van der Waals surface area contributed by atoms with Gasteiger partial charge in [0.25, 0.3) is 0 Å². The van der Waals surface area contributed by atoms with E-state index in [0.717, 1.165) is 11.1 Å². The molecule has 0 amide bonds. The van der Waals surface area contributed by atoms with E-state index in [2.05, 4.69) is 15.9 Å². The standard InChI is InChI=1S/C15H13BrO4/c1-19-12-4-3-5-13(20-2)14(12)10-7-6-9(15(17)18)8-11(10)16/h3-8H,1-2H3,(H,17,18). The number of halogens is 1. The van der Waals surface area contributed by atoms with E-state index in [1.54, 1.807) is 32.4 Å². The van der Waals surface area contributed by atoms with Crippen molar-refractivity contribution in [3.8, 4) is 22.6 Å². The molecule has 104 valence electrons. The van der Waals surface area contributed by atoms with Crippen LogP contribution >= 0.6 is 15.9 Å². The van der Waals surface area contributed by atoms with Crippen molar-refractivity contribution in [2.24, 2.45) is 0 Å². The SMILES string of the molecule is COc1cccc(OC)c1-c1ccc(C(=O)O)cc1Br. The molecule has 0 aliphatic carbocycles. The molecule has 20 heavy (non-hydrogen) atoms. The minimum atomic E-state index is -0.968. The molecule has 0 unspecified atom stereocenters. The average Bonchev–Trinajstić information content (AvgIpc) is 2.46. The molecule has 2 aromatic rings. The highest BCUT2D eigenvalue weighted by atomic mass is 79.9. The normalized spacial score (nSPS) is 10.2. The minimum absolute atomic E-state index is 0.217. The number of carboxylic acid groups (broad SMARTS) is 1. The summed E-state index contributed by atoms with van der Waals surface area (Å²) in [6, 6.07) is 10.3. The van der Waals surface area contributed by atoms with Crippen LogP contribution in [0.4, 0.5) is 0 Å². The van der Waals surface area contributed by atoms with Gasteiger partial charge in [0.1, 0.15) is 11.5 Å². The predicted molar refractivity (Wildman–Crippen MR) is 79.6 cm³/mol. The van der Waals surface area contributed by atoms with Gasteiger partial charge < -0.3 is 14.6 Å². The van der Waals surface area contributed by atoms with Crippen LogP contribution in [0, 0.1) is 0 Å². The zero-order valence-corrected chi connectivity index (χ0v) is 12.6. The van der Waals surface area contributed by atoms with Gasteiger partial charge in [0.15, 0.2) is 0 Å². The van der Waals surface area contributed by atoms with Gasteiger partial charge in [-0.25, -0.2) is 4.79 Å². The lowest BCUT2D eigenvalue weighted by molar-refractivity contribution is 0.0697. The second kappa shape index (κ2) is 5.96. The highest BCUT2D eigenvalue weighted by Crippen LogP contribution is 2.41. The van der Waals surface area contributed by atoms with Gasteiger partial charge in [0.2, 0.25) is 0 Å². The second-order valence-electron chi connectivity index (χ2n) is 4.04. The van der Waals surface area contributed by atoms with E-state index in [4.69, 9.17) is 14.6 Å². The highest BCUT2D eigenvalue weighted by Gasteiger charge is 2.16. The van der Waals surface area contributed by atoms with Crippen LogP contribution in [0.2, 0.25) is 0 Å². The van der Waals surface area contributed by atoms with Crippen LogP contribution in [0.5, 0.6) is 11.5 Å². The molecule has 0 spiro atoms. The van der Waals surface area contributed by atoms with Gasteiger partial charge in [0.05, 0.1) is 25.3 Å². The number of hydrogen-bond acceptors (Lipinski definition) is 3. The summed E-state index contributed by atoms with van der Waals surface area (Å²) >= 11 is 3.40. The van der Waals surface area contributed by atoms with Crippen molar-refractivity contribution < 1.29 is 19.4 Å². The monoisotopic (exact) mass is 336 g/mol. The quantitative estimate of drug-likeness (QED) is 0.921. The molecule has 0 aliphatic rings. The summed E-state index contributed by atoms with van der Waals surface area (Å²) < 4.78 is 11.4. The third kappa shape index (κ3) is 2.63. The van der Waals surface area contributed by atoms with Gasteiger partial charge in [-0.2, -0.15) is 0 Å². The lowest BCUT2D eigenvalue weighted by Crippen LogP contribution is -1.98. The molecule has 0 bridgehead atoms. The van der Waals surface area contributed by atoms with Crippen molar-refractivity contribution in [3.63, 3.8) is 0 Å². The van der Waals surface area contributed by atoms with Gasteiger partial charge in [-0.3, -0.25) is 0 Å². The second-order valence-corrected chi connectivity index (χ2v) is 4.89. The fourth-order valence-corrected chi connectivity index (χ4v) is 2.54. The summed E-state index contributed by atoms with van der Waals surface area (Å²) in [5, 5.41) is 9.00. The Bertz CT molecular complexity index is 630. The van der Waals surface area contributed by atoms with E-state index < -0.39 is 5.97 Å². The Morgan fingerprint density at radius 2 is 1.70 bits per heavy atom. The van der Waals surface area contributed by atoms with E-state index in [0.29, 0.717) is 16.0 Å². The van der Waals surface area contributed by atoms with Gasteiger partial charge in [0, 0.05) is 10.0 Å². The van der Waals surface area contributed by atoms with Crippen LogP contribution < -0.4 is 9.47 Å². The summed E-state index contributed by atoms with van der Waals surface area (Å²) in [5.41, 5.74) is 1.81. The van der Waals surface area contributed by atoms with Crippen molar-refractivity contribution >= 4 is 21.9 Å². The number of hydrogen-bond donors (Lipinski definition) is 1. The van der Waals surface area contributed by atoms with Crippen molar-refractivity contribution in [2.45, 2.75) is 0 Å². The molecule has 0 aliphatic heterocycles. The van der Waals surface area contributed by atoms with Crippen LogP contribution in [0.3, 0.4) is 0 Å². The van der Waals surface area contributed by atoms with Crippen LogP contribution in [0.15, 0.2) is 40.9 Å². The largest absolute Gasteiger partial charge is 0.496 e. The number of rotatable bonds is 4. The molecule has 0 heterocycles. The Hall–Kier alpha value is -2.01. The predicted octanol–water partition coefficient (Wildman–Crippen LogP) is 3.83. The summed E-state index contributed by atoms with van der Waals surface area (Å²) in [5.74, 6) is 0.352. The van der Waals surface area contributed by atoms with Crippen molar-refractivity contribution in [3.05, 3.63) is 46.4 Å². The van der Waals surface area contributed by atoms with Gasteiger partial charge in [-0.15, -0.1) is 0 Å². The Kier molecular flexibility index (Phi) is 4.29. The highest BCUT2D eigenvalue weighted by molar-refractivity contribution is 9.10. The summed E-state index contributed by atoms with van der Waals surface area (Å²) in [6.45, 7) is 0. The minimum Gasteiger partial charge on any atom is -0.496 e. The maximum atomic E-state index is 11.0. The molecule has 0 fully saturated rings. The maximum absolute atomic E-state index is 11.0. The first-order valence-corrected chi connectivity index (χ1v) is 6.62. The van der Waals surface area contributed by atoms with Crippen LogP contribution in [0.25, 0.3) is 11.1 Å². The summed E-state index contributed by atoms with van der Waals surface area (Å²) in [6.07, 6.45) is 0. The number of carbonyl (C=O) groups is 1. The summed E-state index contributed by atoms with van der Waals surface area (Å²) in [4.78, 5) is 11.0. The molecule has 4 nitrogen and oxygen atoms in total. The number of methoxy groups -OCH3 is 2. The molecule has 0 aromatic heterocycles. The fourth-order valence-electron chi connectivity index (χ4n) is 1.97. The third-order valence-electron chi connectivity index (χ3n) is 2.91. The van der Waals surface area contributed by atoms with Crippen LogP contribution in [-0.2, 0) is 0 Å². The number of ether oxygens (including phenoxy) is 2. The lowest BCUT2D eigenvalue weighted by atomic mass is 10.0. The van der Waals surface area contributed by atoms with Crippen LogP contribution in [-0.4, -0.2) is 25.3 Å². The summed E-state index contributed by atoms with van der Waals surface area (Å²) in [7, 11) is 3.16. The number of aromatic carboxylic acids is 1. The molecule has 5 heteroatoms. The Morgan fingerprint density at radius 3 is 2.15 bits per heavy atom. The first-order valence-electron chi connectivity index (χ1n) is 5.82. The van der Waals surface area contributed by atoms with Crippen molar-refractivity contribution in [1.29, 1.82) is 0 Å². The number of benzene rings is 2. The van der Waals surface area contributed by atoms with E-state index in [9.17, 15) is 4.79 Å². The topological polar surface area (TPSA) is 55.8 Å². The van der Waals surface area contributed by atoms with E-state index in [1.807, 2.05) is 18.2 Å². The molecule has 2 rings (SSSR count). The van der Waals surface area contributed by atoms with E-state index in [1.165, 1.54) is 0 Å². The molecule has 2 aromatic carbocycles. The maximum Gasteiger partial charge on any atom is 0.335 e. The molecule has 1 N–H and O–H groups in total. The fraction of sp³-hybridized carbons (Fsp3) is 0.133. The van der Waals surface area contributed by atoms with Crippen molar-refractivity contribution in [1.82, 2.24) is 0 Å². The Labute approximate surface area is 125 Å². The molecule has 0 saturated heterocycles. The zero-order valence-electron chi connectivity index (χ0n) is 11.0. The molecule has 0 atom stereocenters. The first-order chi connectivity index (χ1) is 9.58. The molecule has 0 saturated carbocycles. The molecular weight excluding hydrogens is 324 g/mol. The van der Waals surface area contributed by atoms with Gasteiger partial charge in [-0.1, -0.05) is 28.1 Å². The smallest absolute Gasteiger partial charge is 0.335 e. The third-order valence-corrected chi connectivity index (χ3v) is 3.57. The average molecular weight is 337 g/mol. The van der Waals surface area contributed by atoms with Crippen molar-refractivity contribution in [2.75, 3.05) is 14.2 Å². The lowest BCUT2D eigenvalue weighted by Gasteiger charge is -2.14. The molecule has 0 radical (unpaired) electrons. The van der Waals surface area contributed by atoms with Gasteiger partial charge in [-0.05, 0) is 24.3 Å². The number of carboxylic acids is 1.